The Morgan fingerprint density at radius 2 is 2.00 bits per heavy atom. The van der Waals surface area contributed by atoms with Gasteiger partial charge in [0, 0.05) is 31.1 Å². The minimum absolute atomic E-state index is 0. The molecule has 3 rings (SSSR count). The first-order valence-corrected chi connectivity index (χ1v) is 11.1. The number of benzene rings is 1. The molecular weight excluding hydrogens is 527 g/mol. The van der Waals surface area contributed by atoms with Crippen molar-refractivity contribution < 1.29 is 14.3 Å². The van der Waals surface area contributed by atoms with Gasteiger partial charge < -0.3 is 25.0 Å². The number of thiophene rings is 1. The fourth-order valence-corrected chi connectivity index (χ4v) is 4.30. The molecule has 0 saturated carbocycles. The molecule has 0 aliphatic carbocycles. The molecule has 1 aliphatic heterocycles. The summed E-state index contributed by atoms with van der Waals surface area (Å²) in [5.41, 5.74) is 2.40. The molecule has 2 N–H and O–H groups in total. The number of guanidine groups is 1. The van der Waals surface area contributed by atoms with Crippen molar-refractivity contribution in [3.63, 3.8) is 0 Å². The molecule has 1 aromatic carbocycles. The summed E-state index contributed by atoms with van der Waals surface area (Å²) >= 11 is 1.78. The Morgan fingerprint density at radius 1 is 1.19 bits per heavy atom. The van der Waals surface area contributed by atoms with Crippen molar-refractivity contribution in [2.45, 2.75) is 26.3 Å². The molecule has 0 radical (unpaired) electrons. The predicted octanol–water partition coefficient (Wildman–Crippen LogP) is 3.07. The van der Waals surface area contributed by atoms with E-state index in [1.54, 1.807) is 25.6 Å². The molecule has 0 bridgehead atoms. The maximum atomic E-state index is 12.6. The van der Waals surface area contributed by atoms with Crippen LogP contribution in [0.1, 0.15) is 22.9 Å². The molecule has 0 fully saturated rings. The van der Waals surface area contributed by atoms with Crippen LogP contribution in [0.2, 0.25) is 0 Å². The van der Waals surface area contributed by atoms with Gasteiger partial charge in [-0.1, -0.05) is 6.07 Å². The van der Waals surface area contributed by atoms with Crippen LogP contribution >= 0.6 is 35.3 Å². The number of methoxy groups -OCH3 is 2. The second kappa shape index (κ2) is 12.7. The molecule has 7 nitrogen and oxygen atoms in total. The van der Waals surface area contributed by atoms with Gasteiger partial charge in [0.15, 0.2) is 17.5 Å². The van der Waals surface area contributed by atoms with Gasteiger partial charge in [-0.15, -0.1) is 35.3 Å². The van der Waals surface area contributed by atoms with Gasteiger partial charge in [-0.05, 0) is 54.5 Å². The van der Waals surface area contributed by atoms with Crippen molar-refractivity contribution in [3.05, 3.63) is 45.6 Å². The van der Waals surface area contributed by atoms with E-state index in [1.807, 2.05) is 30.0 Å². The number of carbonyl (C=O) groups is 1. The van der Waals surface area contributed by atoms with E-state index in [1.165, 1.54) is 10.4 Å². The van der Waals surface area contributed by atoms with E-state index in [0.29, 0.717) is 19.0 Å². The maximum absolute atomic E-state index is 12.6. The highest BCUT2D eigenvalue weighted by Crippen LogP contribution is 2.27. The molecule has 1 aliphatic rings. The topological polar surface area (TPSA) is 75.2 Å². The molecule has 1 aromatic heterocycles. The van der Waals surface area contributed by atoms with Gasteiger partial charge in [0.05, 0.1) is 14.2 Å². The first kappa shape index (κ1) is 25.3. The lowest BCUT2D eigenvalue weighted by molar-refractivity contribution is -0.130. The zero-order valence-electron chi connectivity index (χ0n) is 18.3. The first-order chi connectivity index (χ1) is 14.6. The SMILES string of the molecule is CCNC(=NCC(=O)N1CCc2sccc2C1)NCCc1ccc(OC)c(OC)c1.I. The third-order valence-electron chi connectivity index (χ3n) is 5.03. The Kier molecular flexibility index (Phi) is 10.4. The van der Waals surface area contributed by atoms with E-state index >= 15 is 0 Å². The lowest BCUT2D eigenvalue weighted by Crippen LogP contribution is -2.40. The van der Waals surface area contributed by atoms with Crippen LogP contribution in [0.3, 0.4) is 0 Å². The summed E-state index contributed by atoms with van der Waals surface area (Å²) in [5, 5.41) is 8.61. The summed E-state index contributed by atoms with van der Waals surface area (Å²) in [6, 6.07) is 8.01. The predicted molar refractivity (Wildman–Crippen MR) is 136 cm³/mol. The van der Waals surface area contributed by atoms with Crippen molar-refractivity contribution in [1.82, 2.24) is 15.5 Å². The van der Waals surface area contributed by atoms with E-state index in [4.69, 9.17) is 9.47 Å². The van der Waals surface area contributed by atoms with E-state index in [-0.39, 0.29) is 36.4 Å². The number of hydrogen-bond acceptors (Lipinski definition) is 5. The van der Waals surface area contributed by atoms with Crippen molar-refractivity contribution in [1.29, 1.82) is 0 Å². The fourth-order valence-electron chi connectivity index (χ4n) is 3.41. The molecule has 0 spiro atoms. The number of halogens is 1. The van der Waals surface area contributed by atoms with Crippen LogP contribution in [0.4, 0.5) is 0 Å². The smallest absolute Gasteiger partial charge is 0.244 e. The van der Waals surface area contributed by atoms with Crippen molar-refractivity contribution in [2.24, 2.45) is 4.99 Å². The Labute approximate surface area is 205 Å². The molecule has 1 amide bonds. The summed E-state index contributed by atoms with van der Waals surface area (Å²) < 4.78 is 10.6. The molecule has 9 heteroatoms. The number of amides is 1. The fraction of sp³-hybridized carbons (Fsp3) is 0.455. The van der Waals surface area contributed by atoms with Gasteiger partial charge in [-0.25, -0.2) is 4.99 Å². The molecular formula is C22H31IN4O3S. The van der Waals surface area contributed by atoms with Crippen molar-refractivity contribution in [3.8, 4) is 11.5 Å². The average molecular weight is 558 g/mol. The van der Waals surface area contributed by atoms with Crippen LogP contribution in [0, 0.1) is 0 Å². The highest BCUT2D eigenvalue weighted by atomic mass is 127. The van der Waals surface area contributed by atoms with E-state index < -0.39 is 0 Å². The Hall–Kier alpha value is -2.01. The van der Waals surface area contributed by atoms with Gasteiger partial charge in [0.1, 0.15) is 6.54 Å². The van der Waals surface area contributed by atoms with Crippen LogP contribution in [-0.2, 0) is 24.2 Å². The molecule has 31 heavy (non-hydrogen) atoms. The quantitative estimate of drug-likeness (QED) is 0.296. The summed E-state index contributed by atoms with van der Waals surface area (Å²) in [5.74, 6) is 2.15. The van der Waals surface area contributed by atoms with E-state index in [0.717, 1.165) is 43.0 Å². The van der Waals surface area contributed by atoms with Crippen LogP contribution in [-0.4, -0.2) is 57.2 Å². The number of fused-ring (bicyclic) bond motifs is 1. The Morgan fingerprint density at radius 3 is 2.74 bits per heavy atom. The minimum Gasteiger partial charge on any atom is -0.493 e. The Bertz CT molecular complexity index is 887. The van der Waals surface area contributed by atoms with Gasteiger partial charge in [0.25, 0.3) is 0 Å². The van der Waals surface area contributed by atoms with Gasteiger partial charge in [-0.2, -0.15) is 0 Å². The lowest BCUT2D eigenvalue weighted by atomic mass is 10.1. The highest BCUT2D eigenvalue weighted by Gasteiger charge is 2.21. The number of ether oxygens (including phenoxy) is 2. The van der Waals surface area contributed by atoms with Gasteiger partial charge in [-0.3, -0.25) is 4.79 Å². The second-order valence-electron chi connectivity index (χ2n) is 7.00. The number of rotatable bonds is 8. The molecule has 0 atom stereocenters. The second-order valence-corrected chi connectivity index (χ2v) is 8.00. The number of nitrogens with one attached hydrogen (secondary N) is 2. The monoisotopic (exact) mass is 558 g/mol. The number of carbonyl (C=O) groups excluding carboxylic acids is 1. The highest BCUT2D eigenvalue weighted by molar-refractivity contribution is 14.0. The number of nitrogens with zero attached hydrogens (tertiary/aromatic N) is 2. The largest absolute Gasteiger partial charge is 0.493 e. The van der Waals surface area contributed by atoms with E-state index in [2.05, 4.69) is 27.1 Å². The third-order valence-corrected chi connectivity index (χ3v) is 6.05. The lowest BCUT2D eigenvalue weighted by Gasteiger charge is -2.26. The normalized spacial score (nSPS) is 13.1. The molecule has 170 valence electrons. The average Bonchev–Trinajstić information content (AvgIpc) is 3.25. The minimum atomic E-state index is 0. The first-order valence-electron chi connectivity index (χ1n) is 10.2. The number of hydrogen-bond donors (Lipinski definition) is 2. The van der Waals surface area contributed by atoms with Gasteiger partial charge in [0.2, 0.25) is 5.91 Å². The summed E-state index contributed by atoms with van der Waals surface area (Å²) in [7, 11) is 3.26. The molecule has 0 unspecified atom stereocenters. The summed E-state index contributed by atoms with van der Waals surface area (Å²) in [6.45, 7) is 5.04. The molecule has 0 saturated heterocycles. The molecule has 2 aromatic rings. The maximum Gasteiger partial charge on any atom is 0.244 e. The van der Waals surface area contributed by atoms with Crippen LogP contribution < -0.4 is 20.1 Å². The number of aliphatic imine (C=N–C) groups is 1. The van der Waals surface area contributed by atoms with Crippen LogP contribution in [0.25, 0.3) is 0 Å². The summed E-state index contributed by atoms with van der Waals surface area (Å²) in [4.78, 5) is 20.4. The van der Waals surface area contributed by atoms with E-state index in [9.17, 15) is 4.79 Å². The zero-order valence-corrected chi connectivity index (χ0v) is 21.4. The van der Waals surface area contributed by atoms with Crippen LogP contribution in [0.15, 0.2) is 34.6 Å². The van der Waals surface area contributed by atoms with Crippen molar-refractivity contribution in [2.75, 3.05) is 40.4 Å². The Balaban J connectivity index is 0.00000341. The summed E-state index contributed by atoms with van der Waals surface area (Å²) in [6.07, 6.45) is 1.73. The van der Waals surface area contributed by atoms with Gasteiger partial charge >= 0.3 is 0 Å². The zero-order chi connectivity index (χ0) is 21.3. The van der Waals surface area contributed by atoms with Crippen LogP contribution in [0.5, 0.6) is 11.5 Å². The standard InChI is InChI=1S/C22H30N4O3S.HI/c1-4-23-22(24-10-7-16-5-6-18(28-2)19(13-16)29-3)25-14-21(27)26-11-8-20-17(15-26)9-12-30-20;/h5-6,9,12-13H,4,7-8,10-11,14-15H2,1-3H3,(H2,23,24,25);1H. The van der Waals surface area contributed by atoms with Crippen molar-refractivity contribution >= 4 is 47.2 Å². The molecule has 2 heterocycles. The third kappa shape index (κ3) is 6.99.